The Hall–Kier alpha value is -2.63. The van der Waals surface area contributed by atoms with Gasteiger partial charge in [-0.3, -0.25) is 4.79 Å². The molecule has 0 aliphatic carbocycles. The van der Waals surface area contributed by atoms with Crippen LogP contribution in [0, 0.1) is 20.8 Å². The van der Waals surface area contributed by atoms with Crippen LogP contribution in [0.25, 0.3) is 0 Å². The molecule has 1 saturated heterocycles. The van der Waals surface area contributed by atoms with Crippen LogP contribution in [0.2, 0.25) is 0 Å². The minimum atomic E-state index is 0.0889. The van der Waals surface area contributed by atoms with Gasteiger partial charge in [-0.25, -0.2) is 4.98 Å². The highest BCUT2D eigenvalue weighted by Gasteiger charge is 2.24. The topological polar surface area (TPSA) is 64.5 Å². The third-order valence-electron chi connectivity index (χ3n) is 4.84. The average Bonchev–Trinajstić information content (AvgIpc) is 2.61. The number of hydrogen-bond acceptors (Lipinski definition) is 5. The van der Waals surface area contributed by atoms with Crippen LogP contribution in [0.1, 0.15) is 35.5 Å². The summed E-state index contributed by atoms with van der Waals surface area (Å²) in [6.45, 7) is 7.21. The predicted octanol–water partition coefficient (Wildman–Crippen LogP) is 3.02. The lowest BCUT2D eigenvalue weighted by Gasteiger charge is -2.32. The van der Waals surface area contributed by atoms with E-state index in [0.29, 0.717) is 31.2 Å². The summed E-state index contributed by atoms with van der Waals surface area (Å²) in [7, 11) is 1.66. The summed E-state index contributed by atoms with van der Waals surface area (Å²) >= 11 is 0. The van der Waals surface area contributed by atoms with Gasteiger partial charge in [0, 0.05) is 37.7 Å². The molecule has 0 spiro atoms. The number of piperidine rings is 1. The fourth-order valence-electron chi connectivity index (χ4n) is 3.47. The molecule has 0 bridgehead atoms. The molecule has 6 nitrogen and oxygen atoms in total. The first kappa shape index (κ1) is 19.1. The lowest BCUT2D eigenvalue weighted by Crippen LogP contribution is -2.42. The Morgan fingerprint density at radius 3 is 2.52 bits per heavy atom. The van der Waals surface area contributed by atoms with Crippen LogP contribution in [-0.2, 0) is 11.2 Å². The standard InChI is InChI=1S/C21H27N3O3/c1-14-11-17(5-6-19(14)26-4)13-21(25)24-9-7-18(8-10-24)27-20-12-15(2)22-16(3)23-20/h5-6,11-12,18H,7-10,13H2,1-4H3. The van der Waals surface area contributed by atoms with E-state index in [0.717, 1.165) is 35.4 Å². The number of nitrogens with zero attached hydrogens (tertiary/aromatic N) is 3. The van der Waals surface area contributed by atoms with E-state index >= 15 is 0 Å². The summed E-state index contributed by atoms with van der Waals surface area (Å²) in [5, 5.41) is 0. The summed E-state index contributed by atoms with van der Waals surface area (Å²) in [5.41, 5.74) is 2.97. The highest BCUT2D eigenvalue weighted by Crippen LogP contribution is 2.21. The fraction of sp³-hybridized carbons (Fsp3) is 0.476. The number of aromatic nitrogens is 2. The van der Waals surface area contributed by atoms with E-state index in [1.165, 1.54) is 0 Å². The maximum absolute atomic E-state index is 12.6. The number of methoxy groups -OCH3 is 1. The van der Waals surface area contributed by atoms with Crippen LogP contribution in [0.5, 0.6) is 11.6 Å². The zero-order valence-corrected chi connectivity index (χ0v) is 16.5. The van der Waals surface area contributed by atoms with E-state index in [2.05, 4.69) is 9.97 Å². The molecule has 27 heavy (non-hydrogen) atoms. The fourth-order valence-corrected chi connectivity index (χ4v) is 3.47. The zero-order chi connectivity index (χ0) is 19.4. The van der Waals surface area contributed by atoms with Crippen molar-refractivity contribution >= 4 is 5.91 Å². The molecule has 3 rings (SSSR count). The quantitative estimate of drug-likeness (QED) is 0.811. The molecule has 1 fully saturated rings. The van der Waals surface area contributed by atoms with Crippen molar-refractivity contribution in [1.29, 1.82) is 0 Å². The van der Waals surface area contributed by atoms with Crippen LogP contribution in [0.3, 0.4) is 0 Å². The smallest absolute Gasteiger partial charge is 0.226 e. The average molecular weight is 369 g/mol. The summed E-state index contributed by atoms with van der Waals surface area (Å²) in [6.07, 6.45) is 2.14. The number of aryl methyl sites for hydroxylation is 3. The van der Waals surface area contributed by atoms with Crippen LogP contribution in [0.4, 0.5) is 0 Å². The van der Waals surface area contributed by atoms with Gasteiger partial charge in [0.15, 0.2) is 0 Å². The van der Waals surface area contributed by atoms with E-state index in [-0.39, 0.29) is 12.0 Å². The molecule has 1 aromatic carbocycles. The van der Waals surface area contributed by atoms with Gasteiger partial charge in [0.1, 0.15) is 17.7 Å². The number of amides is 1. The second-order valence-electron chi connectivity index (χ2n) is 7.07. The first-order valence-electron chi connectivity index (χ1n) is 9.35. The summed E-state index contributed by atoms with van der Waals surface area (Å²) in [4.78, 5) is 23.2. The van der Waals surface area contributed by atoms with Gasteiger partial charge in [0.05, 0.1) is 13.5 Å². The maximum Gasteiger partial charge on any atom is 0.226 e. The third-order valence-corrected chi connectivity index (χ3v) is 4.84. The molecular formula is C21H27N3O3. The Morgan fingerprint density at radius 1 is 1.15 bits per heavy atom. The second kappa shape index (κ2) is 8.37. The molecule has 6 heteroatoms. The minimum Gasteiger partial charge on any atom is -0.496 e. The van der Waals surface area contributed by atoms with Crippen molar-refractivity contribution in [2.75, 3.05) is 20.2 Å². The lowest BCUT2D eigenvalue weighted by atomic mass is 10.0. The molecule has 2 heterocycles. The Labute approximate surface area is 160 Å². The molecule has 0 unspecified atom stereocenters. The number of ether oxygens (including phenoxy) is 2. The van der Waals surface area contributed by atoms with E-state index in [9.17, 15) is 4.79 Å². The minimum absolute atomic E-state index is 0.0889. The molecule has 2 aromatic rings. The van der Waals surface area contributed by atoms with Gasteiger partial charge in [-0.05, 0) is 38.0 Å². The summed E-state index contributed by atoms with van der Waals surface area (Å²) in [5.74, 6) is 2.34. The number of benzene rings is 1. The lowest BCUT2D eigenvalue weighted by molar-refractivity contribution is -0.132. The molecule has 144 valence electrons. The maximum atomic E-state index is 12.6. The van der Waals surface area contributed by atoms with Gasteiger partial charge in [0.25, 0.3) is 0 Å². The Kier molecular flexibility index (Phi) is 5.94. The molecule has 1 aliphatic rings. The Balaban J connectivity index is 1.52. The first-order chi connectivity index (χ1) is 12.9. The summed E-state index contributed by atoms with van der Waals surface area (Å²) in [6, 6.07) is 7.76. The molecule has 1 amide bonds. The van der Waals surface area contributed by atoms with Crippen LogP contribution in [-0.4, -0.2) is 47.1 Å². The molecule has 0 N–H and O–H groups in total. The van der Waals surface area contributed by atoms with Gasteiger partial charge in [-0.2, -0.15) is 4.98 Å². The van der Waals surface area contributed by atoms with Crippen LogP contribution >= 0.6 is 0 Å². The Bertz CT molecular complexity index is 794. The van der Waals surface area contributed by atoms with Crippen LogP contribution < -0.4 is 9.47 Å². The van der Waals surface area contributed by atoms with Gasteiger partial charge >= 0.3 is 0 Å². The van der Waals surface area contributed by atoms with Crippen molar-refractivity contribution < 1.29 is 14.3 Å². The monoisotopic (exact) mass is 369 g/mol. The highest BCUT2D eigenvalue weighted by atomic mass is 16.5. The third kappa shape index (κ3) is 4.96. The SMILES string of the molecule is COc1ccc(CC(=O)N2CCC(Oc3cc(C)nc(C)n3)CC2)cc1C. The molecule has 1 aliphatic heterocycles. The molecule has 1 aromatic heterocycles. The van der Waals surface area contributed by atoms with Crippen LogP contribution in [0.15, 0.2) is 24.3 Å². The van der Waals surface area contributed by atoms with Crippen molar-refractivity contribution in [2.45, 2.75) is 46.1 Å². The molecule has 0 atom stereocenters. The van der Waals surface area contributed by atoms with Crippen molar-refractivity contribution in [2.24, 2.45) is 0 Å². The van der Waals surface area contributed by atoms with Crippen molar-refractivity contribution in [3.63, 3.8) is 0 Å². The van der Waals surface area contributed by atoms with Gasteiger partial charge in [-0.1, -0.05) is 12.1 Å². The van der Waals surface area contributed by atoms with Gasteiger partial charge in [-0.15, -0.1) is 0 Å². The van der Waals surface area contributed by atoms with Crippen molar-refractivity contribution in [1.82, 2.24) is 14.9 Å². The Morgan fingerprint density at radius 2 is 1.89 bits per heavy atom. The molecule has 0 radical (unpaired) electrons. The normalized spacial score (nSPS) is 14.9. The van der Waals surface area contributed by atoms with E-state index in [1.807, 2.05) is 49.9 Å². The van der Waals surface area contributed by atoms with E-state index < -0.39 is 0 Å². The van der Waals surface area contributed by atoms with E-state index in [1.54, 1.807) is 7.11 Å². The number of rotatable bonds is 5. The first-order valence-corrected chi connectivity index (χ1v) is 9.35. The highest BCUT2D eigenvalue weighted by molar-refractivity contribution is 5.79. The number of carbonyl (C=O) groups is 1. The zero-order valence-electron chi connectivity index (χ0n) is 16.5. The largest absolute Gasteiger partial charge is 0.496 e. The van der Waals surface area contributed by atoms with Gasteiger partial charge < -0.3 is 14.4 Å². The van der Waals surface area contributed by atoms with E-state index in [4.69, 9.17) is 9.47 Å². The summed E-state index contributed by atoms with van der Waals surface area (Å²) < 4.78 is 11.3. The molecular weight excluding hydrogens is 342 g/mol. The van der Waals surface area contributed by atoms with Crippen molar-refractivity contribution in [3.05, 3.63) is 46.9 Å². The number of carbonyl (C=O) groups excluding carboxylic acids is 1. The number of hydrogen-bond donors (Lipinski definition) is 0. The predicted molar refractivity (Wildman–Crippen MR) is 103 cm³/mol. The number of likely N-dealkylation sites (tertiary alicyclic amines) is 1. The second-order valence-corrected chi connectivity index (χ2v) is 7.07. The van der Waals surface area contributed by atoms with Gasteiger partial charge in [0.2, 0.25) is 11.8 Å². The van der Waals surface area contributed by atoms with Crippen molar-refractivity contribution in [3.8, 4) is 11.6 Å². The molecule has 0 saturated carbocycles.